The standard InChI is InChI=1S/C22H29NO3/c1-14-3-5-18(6-4-14)21-8-16-7-17(9-21)11-22(10-16,13-21)20(26)23-12-15(2)19(24)25/h3-6,15-17H,7-13H2,1-2H3,(H,23,26)(H,24,25). The third kappa shape index (κ3) is 2.83. The van der Waals surface area contributed by atoms with E-state index in [1.54, 1.807) is 6.92 Å². The maximum atomic E-state index is 13.1. The van der Waals surface area contributed by atoms with Crippen molar-refractivity contribution in [2.45, 2.75) is 57.8 Å². The van der Waals surface area contributed by atoms with Crippen molar-refractivity contribution >= 4 is 11.9 Å². The maximum absolute atomic E-state index is 13.1. The van der Waals surface area contributed by atoms with Gasteiger partial charge in [-0.25, -0.2) is 0 Å². The number of carboxylic acid groups (broad SMARTS) is 1. The summed E-state index contributed by atoms with van der Waals surface area (Å²) in [6.45, 7) is 3.99. The molecule has 4 nitrogen and oxygen atoms in total. The van der Waals surface area contributed by atoms with Crippen LogP contribution in [0.15, 0.2) is 24.3 Å². The van der Waals surface area contributed by atoms with Crippen LogP contribution in [0.25, 0.3) is 0 Å². The lowest BCUT2D eigenvalue weighted by molar-refractivity contribution is -0.150. The predicted molar refractivity (Wildman–Crippen MR) is 99.8 cm³/mol. The van der Waals surface area contributed by atoms with Gasteiger partial charge in [0.1, 0.15) is 0 Å². The predicted octanol–water partition coefficient (Wildman–Crippen LogP) is 3.67. The van der Waals surface area contributed by atoms with E-state index in [0.29, 0.717) is 11.8 Å². The number of aliphatic carboxylic acids is 1. The molecule has 0 saturated heterocycles. The molecule has 26 heavy (non-hydrogen) atoms. The highest BCUT2D eigenvalue weighted by Gasteiger charge is 2.60. The van der Waals surface area contributed by atoms with E-state index in [1.165, 1.54) is 30.4 Å². The molecule has 0 aliphatic heterocycles. The second-order valence-corrected chi connectivity index (χ2v) is 9.34. The Morgan fingerprint density at radius 2 is 1.77 bits per heavy atom. The molecule has 0 heterocycles. The Kier molecular flexibility index (Phi) is 4.13. The van der Waals surface area contributed by atoms with Crippen molar-refractivity contribution in [1.29, 1.82) is 0 Å². The van der Waals surface area contributed by atoms with E-state index in [9.17, 15) is 9.59 Å². The summed E-state index contributed by atoms with van der Waals surface area (Å²) >= 11 is 0. The molecule has 0 spiro atoms. The van der Waals surface area contributed by atoms with Gasteiger partial charge in [-0.15, -0.1) is 0 Å². The number of aryl methyl sites for hydroxylation is 1. The maximum Gasteiger partial charge on any atom is 0.308 e. The fraction of sp³-hybridized carbons (Fsp3) is 0.636. The average Bonchev–Trinajstić information content (AvgIpc) is 2.58. The molecule has 4 fully saturated rings. The van der Waals surface area contributed by atoms with E-state index in [-0.39, 0.29) is 23.3 Å². The van der Waals surface area contributed by atoms with Gasteiger partial charge in [0, 0.05) is 6.54 Å². The first-order valence-corrected chi connectivity index (χ1v) is 9.90. The molecule has 4 saturated carbocycles. The normalized spacial score (nSPS) is 35.9. The van der Waals surface area contributed by atoms with Crippen molar-refractivity contribution < 1.29 is 14.7 Å². The van der Waals surface area contributed by atoms with E-state index in [1.807, 2.05) is 0 Å². The SMILES string of the molecule is Cc1ccc(C23CC4CC(CC(C(=O)NCC(C)C(=O)O)(C4)C2)C3)cc1. The topological polar surface area (TPSA) is 66.4 Å². The summed E-state index contributed by atoms with van der Waals surface area (Å²) in [7, 11) is 0. The van der Waals surface area contributed by atoms with Crippen LogP contribution in [0.5, 0.6) is 0 Å². The molecule has 140 valence electrons. The Morgan fingerprint density at radius 3 is 2.35 bits per heavy atom. The van der Waals surface area contributed by atoms with Gasteiger partial charge in [-0.05, 0) is 68.3 Å². The van der Waals surface area contributed by atoms with E-state index in [2.05, 4.69) is 36.5 Å². The van der Waals surface area contributed by atoms with Crippen LogP contribution < -0.4 is 5.32 Å². The first kappa shape index (κ1) is 17.6. The van der Waals surface area contributed by atoms with Gasteiger partial charge in [0.05, 0.1) is 11.3 Å². The van der Waals surface area contributed by atoms with Gasteiger partial charge in [-0.3, -0.25) is 9.59 Å². The fourth-order valence-electron chi connectivity index (χ4n) is 6.29. The van der Waals surface area contributed by atoms with Gasteiger partial charge in [0.2, 0.25) is 5.91 Å². The molecule has 0 radical (unpaired) electrons. The highest BCUT2D eigenvalue weighted by atomic mass is 16.4. The molecule has 1 aromatic carbocycles. The number of hydrogen-bond donors (Lipinski definition) is 2. The molecule has 4 aliphatic rings. The number of hydrogen-bond acceptors (Lipinski definition) is 2. The van der Waals surface area contributed by atoms with Crippen molar-refractivity contribution in [2.75, 3.05) is 6.54 Å². The Balaban J connectivity index is 1.59. The third-order valence-electron chi connectivity index (χ3n) is 7.20. The third-order valence-corrected chi connectivity index (χ3v) is 7.20. The Bertz CT molecular complexity index is 709. The minimum Gasteiger partial charge on any atom is -0.481 e. The van der Waals surface area contributed by atoms with E-state index < -0.39 is 11.9 Å². The number of carbonyl (C=O) groups excluding carboxylic acids is 1. The van der Waals surface area contributed by atoms with E-state index in [0.717, 1.165) is 19.3 Å². The Hall–Kier alpha value is -1.84. The van der Waals surface area contributed by atoms with Gasteiger partial charge in [-0.2, -0.15) is 0 Å². The van der Waals surface area contributed by atoms with Crippen molar-refractivity contribution in [2.24, 2.45) is 23.2 Å². The molecule has 0 aromatic heterocycles. The molecule has 3 atom stereocenters. The fourth-order valence-corrected chi connectivity index (χ4v) is 6.29. The number of carbonyl (C=O) groups is 2. The summed E-state index contributed by atoms with van der Waals surface area (Å²) in [6.07, 6.45) is 6.53. The van der Waals surface area contributed by atoms with Gasteiger partial charge in [0.15, 0.2) is 0 Å². The molecular formula is C22H29NO3. The summed E-state index contributed by atoms with van der Waals surface area (Å²) < 4.78 is 0. The lowest BCUT2D eigenvalue weighted by atomic mass is 9.42. The zero-order valence-corrected chi connectivity index (χ0v) is 15.8. The summed E-state index contributed by atoms with van der Waals surface area (Å²) in [5.41, 5.74) is 2.50. The van der Waals surface area contributed by atoms with Crippen molar-refractivity contribution in [3.8, 4) is 0 Å². The largest absolute Gasteiger partial charge is 0.481 e. The molecule has 5 rings (SSSR count). The molecular weight excluding hydrogens is 326 g/mol. The van der Waals surface area contributed by atoms with E-state index >= 15 is 0 Å². The van der Waals surface area contributed by atoms with Crippen LogP contribution in [0, 0.1) is 30.1 Å². The Labute approximate surface area is 155 Å². The Morgan fingerprint density at radius 1 is 1.15 bits per heavy atom. The van der Waals surface area contributed by atoms with Crippen LogP contribution >= 0.6 is 0 Å². The molecule has 4 aliphatic carbocycles. The second-order valence-electron chi connectivity index (χ2n) is 9.34. The zero-order chi connectivity index (χ0) is 18.5. The molecule has 3 unspecified atom stereocenters. The molecule has 4 bridgehead atoms. The van der Waals surface area contributed by atoms with Crippen LogP contribution in [0.1, 0.15) is 56.6 Å². The monoisotopic (exact) mass is 355 g/mol. The smallest absolute Gasteiger partial charge is 0.308 e. The first-order chi connectivity index (χ1) is 12.3. The minimum atomic E-state index is -0.855. The van der Waals surface area contributed by atoms with Crippen LogP contribution in [-0.2, 0) is 15.0 Å². The van der Waals surface area contributed by atoms with E-state index in [4.69, 9.17) is 5.11 Å². The number of nitrogens with one attached hydrogen (secondary N) is 1. The highest BCUT2D eigenvalue weighted by Crippen LogP contribution is 2.65. The lowest BCUT2D eigenvalue weighted by Gasteiger charge is -2.61. The first-order valence-electron chi connectivity index (χ1n) is 9.90. The number of amides is 1. The van der Waals surface area contributed by atoms with Gasteiger partial charge >= 0.3 is 5.97 Å². The van der Waals surface area contributed by atoms with Crippen molar-refractivity contribution in [1.82, 2.24) is 5.32 Å². The van der Waals surface area contributed by atoms with Gasteiger partial charge < -0.3 is 10.4 Å². The van der Waals surface area contributed by atoms with Crippen molar-refractivity contribution in [3.05, 3.63) is 35.4 Å². The number of benzene rings is 1. The second kappa shape index (κ2) is 6.11. The summed E-state index contributed by atoms with van der Waals surface area (Å²) in [5.74, 6) is -0.0533. The minimum absolute atomic E-state index is 0.0937. The van der Waals surface area contributed by atoms with Crippen LogP contribution in [0.4, 0.5) is 0 Å². The number of rotatable bonds is 5. The highest BCUT2D eigenvalue weighted by molar-refractivity contribution is 5.84. The molecule has 1 amide bonds. The van der Waals surface area contributed by atoms with Gasteiger partial charge in [0.25, 0.3) is 0 Å². The zero-order valence-electron chi connectivity index (χ0n) is 15.8. The molecule has 4 heteroatoms. The number of carboxylic acids is 1. The van der Waals surface area contributed by atoms with Crippen LogP contribution in [-0.4, -0.2) is 23.5 Å². The molecule has 2 N–H and O–H groups in total. The summed E-state index contributed by atoms with van der Waals surface area (Å²) in [6, 6.07) is 8.91. The lowest BCUT2D eigenvalue weighted by Crippen LogP contribution is -2.59. The van der Waals surface area contributed by atoms with Gasteiger partial charge in [-0.1, -0.05) is 36.8 Å². The van der Waals surface area contributed by atoms with Crippen molar-refractivity contribution in [3.63, 3.8) is 0 Å². The van der Waals surface area contributed by atoms with Crippen LogP contribution in [0.2, 0.25) is 0 Å². The quantitative estimate of drug-likeness (QED) is 0.847. The molecule has 1 aromatic rings. The van der Waals surface area contributed by atoms with Crippen LogP contribution in [0.3, 0.4) is 0 Å². The summed E-state index contributed by atoms with van der Waals surface area (Å²) in [5, 5.41) is 12.1. The summed E-state index contributed by atoms with van der Waals surface area (Å²) in [4.78, 5) is 24.2. The average molecular weight is 355 g/mol.